The third-order valence-corrected chi connectivity index (χ3v) is 4.69. The Morgan fingerprint density at radius 2 is 1.80 bits per heavy atom. The summed E-state index contributed by atoms with van der Waals surface area (Å²) < 4.78 is 10.7. The molecule has 0 N–H and O–H groups in total. The van der Waals surface area contributed by atoms with Crippen LogP contribution in [0.25, 0.3) is 17.4 Å². The minimum absolute atomic E-state index is 0.0469. The average molecular weight is 429 g/mol. The number of hydrogen-bond acceptors (Lipinski definition) is 6. The number of rotatable bonds is 5. The van der Waals surface area contributed by atoms with Gasteiger partial charge in [0.2, 0.25) is 0 Å². The lowest BCUT2D eigenvalue weighted by Crippen LogP contribution is -2.52. The molecule has 9 heteroatoms. The van der Waals surface area contributed by atoms with Crippen molar-refractivity contribution in [3.8, 4) is 11.3 Å². The summed E-state index contributed by atoms with van der Waals surface area (Å²) in [6.45, 7) is 3.53. The van der Waals surface area contributed by atoms with Crippen molar-refractivity contribution in [2.75, 3.05) is 20.7 Å². The first-order chi connectivity index (χ1) is 14.2. The summed E-state index contributed by atoms with van der Waals surface area (Å²) >= 11 is 6.08. The van der Waals surface area contributed by atoms with Crippen molar-refractivity contribution >= 4 is 41.5 Å². The van der Waals surface area contributed by atoms with Crippen LogP contribution in [0.1, 0.15) is 16.1 Å². The van der Waals surface area contributed by atoms with Gasteiger partial charge in [0.05, 0.1) is 10.6 Å². The maximum atomic E-state index is 12.3. The Balaban J connectivity index is 1.92. The lowest BCUT2D eigenvalue weighted by molar-refractivity contribution is -0.134. The summed E-state index contributed by atoms with van der Waals surface area (Å²) in [7, 11) is 2.57. The number of ether oxygens (including phenoxy) is 1. The second kappa shape index (κ2) is 8.38. The van der Waals surface area contributed by atoms with Crippen molar-refractivity contribution in [3.05, 3.63) is 64.9 Å². The number of hydrogen-bond donors (Lipinski definition) is 0. The van der Waals surface area contributed by atoms with E-state index >= 15 is 0 Å². The van der Waals surface area contributed by atoms with E-state index in [0.717, 1.165) is 9.80 Å². The van der Waals surface area contributed by atoms with E-state index in [0.29, 0.717) is 11.3 Å². The van der Waals surface area contributed by atoms with E-state index in [1.54, 1.807) is 18.2 Å². The second-order valence-electron chi connectivity index (χ2n) is 6.35. The Kier molecular flexibility index (Phi) is 5.89. The number of barbiturate groups is 1. The van der Waals surface area contributed by atoms with E-state index in [1.807, 2.05) is 0 Å². The maximum Gasteiger partial charge on any atom is 0.339 e. The van der Waals surface area contributed by atoms with Gasteiger partial charge in [-0.15, -0.1) is 0 Å². The zero-order valence-corrected chi connectivity index (χ0v) is 16.9. The smallest absolute Gasteiger partial charge is 0.339 e. The zero-order chi connectivity index (χ0) is 22.0. The third kappa shape index (κ3) is 3.90. The van der Waals surface area contributed by atoms with Crippen LogP contribution in [0.2, 0.25) is 5.02 Å². The monoisotopic (exact) mass is 428 g/mol. The Morgan fingerprint density at radius 1 is 1.13 bits per heavy atom. The van der Waals surface area contributed by atoms with Gasteiger partial charge in [-0.05, 0) is 36.4 Å². The van der Waals surface area contributed by atoms with Crippen LogP contribution in [0.3, 0.4) is 0 Å². The van der Waals surface area contributed by atoms with Crippen molar-refractivity contribution in [1.82, 2.24) is 9.80 Å². The van der Waals surface area contributed by atoms with Gasteiger partial charge in [-0.1, -0.05) is 24.3 Å². The topological polar surface area (TPSA) is 97.1 Å². The summed E-state index contributed by atoms with van der Waals surface area (Å²) in [5, 5.41) is 0.218. The molecule has 3 rings (SSSR count). The summed E-state index contributed by atoms with van der Waals surface area (Å²) in [4.78, 5) is 50.2. The molecule has 0 bridgehead atoms. The van der Waals surface area contributed by atoms with Gasteiger partial charge in [0.1, 0.15) is 23.7 Å². The highest BCUT2D eigenvalue weighted by atomic mass is 35.5. The molecule has 0 unspecified atom stereocenters. The molecule has 1 saturated heterocycles. The lowest BCUT2D eigenvalue weighted by atomic mass is 10.1. The molecule has 30 heavy (non-hydrogen) atoms. The lowest BCUT2D eigenvalue weighted by Gasteiger charge is -2.28. The normalized spacial score (nSPS) is 14.2. The molecule has 0 saturated carbocycles. The summed E-state index contributed by atoms with van der Waals surface area (Å²) in [5.41, 5.74) is 0.498. The fourth-order valence-electron chi connectivity index (χ4n) is 2.75. The Morgan fingerprint density at radius 3 is 2.43 bits per heavy atom. The number of carbonyl (C=O) groups is 4. The molecule has 1 aliphatic rings. The predicted molar refractivity (Wildman–Crippen MR) is 109 cm³/mol. The molecule has 0 aliphatic carbocycles. The summed E-state index contributed by atoms with van der Waals surface area (Å²) in [6, 6.07) is 7.17. The van der Waals surface area contributed by atoms with E-state index in [2.05, 4.69) is 6.58 Å². The number of imide groups is 2. The van der Waals surface area contributed by atoms with E-state index in [-0.39, 0.29) is 28.5 Å². The van der Waals surface area contributed by atoms with Crippen molar-refractivity contribution in [2.24, 2.45) is 0 Å². The molecule has 4 amide bonds. The SMILES string of the molecule is C=CCOC(=O)c1cc(-c2ccc(C=C3C(=O)N(C)C(=O)N(C)C3=O)o2)ccc1Cl. The Bertz CT molecular complexity index is 1070. The summed E-state index contributed by atoms with van der Waals surface area (Å²) in [5.74, 6) is -1.45. The molecular weight excluding hydrogens is 412 g/mol. The minimum atomic E-state index is -0.722. The summed E-state index contributed by atoms with van der Waals surface area (Å²) in [6.07, 6.45) is 2.71. The number of benzene rings is 1. The highest BCUT2D eigenvalue weighted by Gasteiger charge is 2.38. The first-order valence-corrected chi connectivity index (χ1v) is 9.12. The van der Waals surface area contributed by atoms with E-state index in [4.69, 9.17) is 20.8 Å². The minimum Gasteiger partial charge on any atom is -0.458 e. The van der Waals surface area contributed by atoms with Gasteiger partial charge >= 0.3 is 12.0 Å². The molecule has 2 heterocycles. The standard InChI is InChI=1S/C21H17ClN2O6/c1-4-9-29-20(27)14-10-12(5-7-16(14)22)17-8-6-13(30-17)11-15-18(25)23(2)21(28)24(3)19(15)26/h4-8,10-11H,1,9H2,2-3H3. The average Bonchev–Trinajstić information content (AvgIpc) is 3.21. The zero-order valence-electron chi connectivity index (χ0n) is 16.2. The van der Waals surface area contributed by atoms with Crippen LogP contribution in [0.15, 0.2) is 53.0 Å². The third-order valence-electron chi connectivity index (χ3n) is 4.36. The molecule has 154 valence electrons. The van der Waals surface area contributed by atoms with Crippen LogP contribution in [0.5, 0.6) is 0 Å². The number of likely N-dealkylation sites (N-methyl/N-ethyl adjacent to an activating group) is 2. The van der Waals surface area contributed by atoms with Gasteiger partial charge in [0, 0.05) is 19.7 Å². The van der Waals surface area contributed by atoms with E-state index < -0.39 is 23.8 Å². The fourth-order valence-corrected chi connectivity index (χ4v) is 2.94. The first kappa shape index (κ1) is 21.1. The number of halogens is 1. The molecular formula is C21H17ClN2O6. The first-order valence-electron chi connectivity index (χ1n) is 8.74. The molecule has 1 aromatic carbocycles. The number of carbonyl (C=O) groups excluding carboxylic acids is 4. The highest BCUT2D eigenvalue weighted by Crippen LogP contribution is 2.28. The molecule has 2 aromatic rings. The molecule has 1 aromatic heterocycles. The number of furan rings is 1. The Hall–Kier alpha value is -3.65. The van der Waals surface area contributed by atoms with Crippen LogP contribution in [0, 0.1) is 0 Å². The number of amides is 4. The van der Waals surface area contributed by atoms with Gasteiger partial charge in [0.15, 0.2) is 0 Å². The maximum absolute atomic E-state index is 12.3. The van der Waals surface area contributed by atoms with Crippen molar-refractivity contribution < 1.29 is 28.3 Å². The van der Waals surface area contributed by atoms with Crippen molar-refractivity contribution in [1.29, 1.82) is 0 Å². The number of urea groups is 1. The van der Waals surface area contributed by atoms with Crippen molar-refractivity contribution in [2.45, 2.75) is 0 Å². The van der Waals surface area contributed by atoms with Crippen molar-refractivity contribution in [3.63, 3.8) is 0 Å². The molecule has 1 fully saturated rings. The van der Waals surface area contributed by atoms with Crippen LogP contribution in [-0.4, -0.2) is 54.3 Å². The van der Waals surface area contributed by atoms with Crippen LogP contribution in [-0.2, 0) is 14.3 Å². The predicted octanol–water partition coefficient (Wildman–Crippen LogP) is 3.38. The van der Waals surface area contributed by atoms with Gasteiger partial charge < -0.3 is 9.15 Å². The fraction of sp³-hybridized carbons (Fsp3) is 0.143. The molecule has 0 atom stereocenters. The van der Waals surface area contributed by atoms with Crippen LogP contribution >= 0.6 is 11.6 Å². The van der Waals surface area contributed by atoms with Crippen LogP contribution < -0.4 is 0 Å². The van der Waals surface area contributed by atoms with Gasteiger partial charge in [-0.25, -0.2) is 9.59 Å². The number of esters is 1. The van der Waals surface area contributed by atoms with Gasteiger partial charge in [-0.3, -0.25) is 19.4 Å². The highest BCUT2D eigenvalue weighted by molar-refractivity contribution is 6.33. The largest absolute Gasteiger partial charge is 0.458 e. The molecule has 8 nitrogen and oxygen atoms in total. The van der Waals surface area contributed by atoms with Crippen LogP contribution in [0.4, 0.5) is 4.79 Å². The molecule has 0 spiro atoms. The van der Waals surface area contributed by atoms with E-state index in [9.17, 15) is 19.2 Å². The van der Waals surface area contributed by atoms with E-state index in [1.165, 1.54) is 38.4 Å². The second-order valence-corrected chi connectivity index (χ2v) is 6.76. The quantitative estimate of drug-likeness (QED) is 0.313. The van der Waals surface area contributed by atoms with Gasteiger partial charge in [-0.2, -0.15) is 0 Å². The van der Waals surface area contributed by atoms with Gasteiger partial charge in [0.25, 0.3) is 11.8 Å². The number of nitrogens with zero attached hydrogens (tertiary/aromatic N) is 2. The Labute approximate surface area is 176 Å². The molecule has 1 aliphatic heterocycles. The molecule has 0 radical (unpaired) electrons.